The second kappa shape index (κ2) is 9.45. The fourth-order valence-electron chi connectivity index (χ4n) is 4.04. The number of fused-ring (bicyclic) bond motifs is 1. The number of imide groups is 1. The van der Waals surface area contributed by atoms with Crippen molar-refractivity contribution in [1.82, 2.24) is 14.0 Å². The first-order valence-corrected chi connectivity index (χ1v) is 10.9. The van der Waals surface area contributed by atoms with Crippen molar-refractivity contribution in [3.05, 3.63) is 97.7 Å². The van der Waals surface area contributed by atoms with Crippen LogP contribution in [0.4, 0.5) is 5.82 Å². The highest BCUT2D eigenvalue weighted by Gasteiger charge is 2.43. The maximum Gasteiger partial charge on any atom is 0.332 e. The number of nitrogen functional groups attached to an aromatic ring is 1. The smallest absolute Gasteiger partial charge is 0.332 e. The Bertz CT molecular complexity index is 1490. The molecule has 0 fully saturated rings. The molecule has 0 aliphatic carbocycles. The van der Waals surface area contributed by atoms with Crippen molar-refractivity contribution in [2.75, 3.05) is 12.3 Å². The fraction of sp³-hybridized carbons (Fsp3) is 0.200. The van der Waals surface area contributed by atoms with Gasteiger partial charge >= 0.3 is 11.7 Å². The molecule has 0 saturated carbocycles. The molecule has 3 aromatic rings. The van der Waals surface area contributed by atoms with Gasteiger partial charge in [-0.3, -0.25) is 33.2 Å². The largest absolute Gasteiger partial charge is 0.456 e. The Balaban J connectivity index is 1.62. The number of aromatic nitrogens is 2. The number of hydrogen-bond acceptors (Lipinski definition) is 8. The van der Waals surface area contributed by atoms with E-state index < -0.39 is 53.0 Å². The number of ketones is 1. The summed E-state index contributed by atoms with van der Waals surface area (Å²) in [5.41, 5.74) is 4.60. The molecule has 1 aliphatic heterocycles. The molecule has 184 valence electrons. The molecule has 11 nitrogen and oxygen atoms in total. The lowest BCUT2D eigenvalue weighted by atomic mass is 10.0. The van der Waals surface area contributed by atoms with Crippen LogP contribution < -0.4 is 17.0 Å². The lowest BCUT2D eigenvalue weighted by Crippen LogP contribution is -2.47. The summed E-state index contributed by atoms with van der Waals surface area (Å²) in [6, 6.07) is 13.5. The molecule has 1 aromatic heterocycles. The van der Waals surface area contributed by atoms with Gasteiger partial charge in [0.05, 0.1) is 11.1 Å². The van der Waals surface area contributed by atoms with Crippen molar-refractivity contribution >= 4 is 29.4 Å². The third-order valence-corrected chi connectivity index (χ3v) is 6.02. The number of anilines is 1. The maximum atomic E-state index is 13.2. The van der Waals surface area contributed by atoms with Gasteiger partial charge in [0, 0.05) is 20.5 Å². The first kappa shape index (κ1) is 24.3. The molecule has 2 aromatic carbocycles. The minimum absolute atomic E-state index is 0.0525. The Morgan fingerprint density at radius 2 is 1.42 bits per heavy atom. The van der Waals surface area contributed by atoms with Gasteiger partial charge in [0.25, 0.3) is 17.4 Å². The number of ether oxygens (including phenoxy) is 1. The number of nitrogens with zero attached hydrogens (tertiary/aromatic N) is 3. The Hall–Kier alpha value is -4.80. The van der Waals surface area contributed by atoms with Gasteiger partial charge in [-0.1, -0.05) is 42.5 Å². The Morgan fingerprint density at radius 3 is 2.00 bits per heavy atom. The molecule has 0 saturated heterocycles. The molecule has 1 atom stereocenters. The minimum Gasteiger partial charge on any atom is -0.456 e. The van der Waals surface area contributed by atoms with Crippen LogP contribution in [-0.2, 0) is 30.0 Å². The van der Waals surface area contributed by atoms with Crippen LogP contribution in [0.5, 0.6) is 0 Å². The molecule has 0 unspecified atom stereocenters. The lowest BCUT2D eigenvalue weighted by molar-refractivity contribution is -0.147. The molecule has 36 heavy (non-hydrogen) atoms. The molecule has 2 N–H and O–H groups in total. The third kappa shape index (κ3) is 4.11. The second-order valence-corrected chi connectivity index (χ2v) is 8.23. The third-order valence-electron chi connectivity index (χ3n) is 6.02. The Morgan fingerprint density at radius 1 is 0.861 bits per heavy atom. The van der Waals surface area contributed by atoms with Gasteiger partial charge < -0.3 is 10.5 Å². The normalized spacial score (nSPS) is 13.4. The highest BCUT2D eigenvalue weighted by Crippen LogP contribution is 2.26. The average Bonchev–Trinajstić information content (AvgIpc) is 3.14. The van der Waals surface area contributed by atoms with E-state index in [1.165, 1.54) is 26.2 Å². The zero-order valence-corrected chi connectivity index (χ0v) is 19.5. The van der Waals surface area contributed by atoms with E-state index in [9.17, 15) is 28.8 Å². The number of hydrogen-bond donors (Lipinski definition) is 1. The van der Waals surface area contributed by atoms with E-state index in [2.05, 4.69) is 0 Å². The van der Waals surface area contributed by atoms with Gasteiger partial charge in [0.15, 0.2) is 6.61 Å². The number of carbonyl (C=O) groups excluding carboxylic acids is 4. The highest BCUT2D eigenvalue weighted by atomic mass is 16.5. The van der Waals surface area contributed by atoms with Crippen LogP contribution >= 0.6 is 0 Å². The number of Topliss-reactive ketones (excluding diaryl/α,β-unsaturated/α-hetero) is 1. The van der Waals surface area contributed by atoms with Gasteiger partial charge in [-0.15, -0.1) is 0 Å². The number of esters is 1. The maximum absolute atomic E-state index is 13.2. The summed E-state index contributed by atoms with van der Waals surface area (Å²) in [6.45, 7) is -0.884. The highest BCUT2D eigenvalue weighted by molar-refractivity contribution is 6.22. The van der Waals surface area contributed by atoms with Crippen LogP contribution in [0.25, 0.3) is 0 Å². The van der Waals surface area contributed by atoms with Crippen molar-refractivity contribution in [3.8, 4) is 0 Å². The standard InChI is InChI=1S/C25H22N4O7/c1-27-20(26)19(23(33)28(2)25(27)35)18(30)13-36-24(34)17(12-14-8-4-3-5-9-14)29-21(31)15-10-6-7-11-16(15)22(29)32/h3-11,17H,12-13,26H2,1-2H3/t17-/m1/s1. The average molecular weight is 490 g/mol. The zero-order chi connectivity index (χ0) is 26.1. The van der Waals surface area contributed by atoms with Crippen molar-refractivity contribution in [2.45, 2.75) is 12.5 Å². The fourth-order valence-corrected chi connectivity index (χ4v) is 4.04. The monoisotopic (exact) mass is 490 g/mol. The van der Waals surface area contributed by atoms with Gasteiger partial charge in [-0.2, -0.15) is 0 Å². The van der Waals surface area contributed by atoms with Crippen LogP contribution in [0.2, 0.25) is 0 Å². The first-order chi connectivity index (χ1) is 17.1. The summed E-state index contributed by atoms with van der Waals surface area (Å²) >= 11 is 0. The summed E-state index contributed by atoms with van der Waals surface area (Å²) in [7, 11) is 2.48. The Labute approximate surface area is 204 Å². The van der Waals surface area contributed by atoms with Gasteiger partial charge in [0.1, 0.15) is 17.4 Å². The SMILES string of the molecule is Cn1c(N)c(C(=O)COC(=O)[C@@H](Cc2ccccc2)N2C(=O)c3ccccc3C2=O)c(=O)n(C)c1=O. The molecular weight excluding hydrogens is 468 g/mol. The Kier molecular flexibility index (Phi) is 6.39. The number of nitrogens with two attached hydrogens (primary N) is 1. The van der Waals surface area contributed by atoms with Crippen LogP contribution in [-0.4, -0.2) is 50.2 Å². The number of amides is 2. The molecule has 2 heterocycles. The van der Waals surface area contributed by atoms with Gasteiger partial charge in [0.2, 0.25) is 5.78 Å². The van der Waals surface area contributed by atoms with E-state index in [1.807, 2.05) is 0 Å². The van der Waals surface area contributed by atoms with Crippen molar-refractivity contribution in [2.24, 2.45) is 14.1 Å². The van der Waals surface area contributed by atoms with Crippen molar-refractivity contribution < 1.29 is 23.9 Å². The predicted octanol–water partition coefficient (Wildman–Crippen LogP) is 0.300. The number of rotatable bonds is 7. The lowest BCUT2D eigenvalue weighted by Gasteiger charge is -2.24. The summed E-state index contributed by atoms with van der Waals surface area (Å²) in [5.74, 6) is -3.63. The van der Waals surface area contributed by atoms with Crippen LogP contribution in [0.3, 0.4) is 0 Å². The molecule has 11 heteroatoms. The van der Waals surface area contributed by atoms with E-state index in [-0.39, 0.29) is 23.4 Å². The van der Waals surface area contributed by atoms with Crippen molar-refractivity contribution in [3.63, 3.8) is 0 Å². The van der Waals surface area contributed by atoms with Gasteiger partial charge in [-0.25, -0.2) is 9.59 Å². The summed E-state index contributed by atoms with van der Waals surface area (Å²) < 4.78 is 6.83. The zero-order valence-electron chi connectivity index (χ0n) is 19.5. The van der Waals surface area contributed by atoms with Crippen LogP contribution in [0.1, 0.15) is 36.6 Å². The topological polar surface area (TPSA) is 151 Å². The van der Waals surface area contributed by atoms with Crippen molar-refractivity contribution in [1.29, 1.82) is 0 Å². The van der Waals surface area contributed by atoms with E-state index in [1.54, 1.807) is 42.5 Å². The minimum atomic E-state index is -1.37. The van der Waals surface area contributed by atoms with E-state index in [4.69, 9.17) is 10.5 Å². The van der Waals surface area contributed by atoms with Gasteiger partial charge in [-0.05, 0) is 17.7 Å². The van der Waals surface area contributed by atoms with E-state index in [0.29, 0.717) is 10.1 Å². The summed E-state index contributed by atoms with van der Waals surface area (Å²) in [6.07, 6.45) is -0.0525. The number of benzene rings is 2. The molecule has 0 spiro atoms. The summed E-state index contributed by atoms with van der Waals surface area (Å²) in [4.78, 5) is 77.3. The van der Waals surface area contributed by atoms with Crippen LogP contribution in [0, 0.1) is 0 Å². The first-order valence-electron chi connectivity index (χ1n) is 10.9. The van der Waals surface area contributed by atoms with Crippen LogP contribution in [0.15, 0.2) is 64.2 Å². The quantitative estimate of drug-likeness (QED) is 0.282. The molecular formula is C25H22N4O7. The second-order valence-electron chi connectivity index (χ2n) is 8.23. The van der Waals surface area contributed by atoms with E-state index >= 15 is 0 Å². The molecule has 0 radical (unpaired) electrons. The molecule has 0 bridgehead atoms. The van der Waals surface area contributed by atoms with E-state index in [0.717, 1.165) is 9.47 Å². The molecule has 1 aliphatic rings. The predicted molar refractivity (Wildman–Crippen MR) is 128 cm³/mol. The summed E-state index contributed by atoms with van der Waals surface area (Å²) in [5, 5.41) is 0. The molecule has 4 rings (SSSR count). The number of carbonyl (C=O) groups is 4. The molecule has 2 amide bonds.